The second-order valence-corrected chi connectivity index (χ2v) is 7.68. The number of rotatable bonds is 6. The van der Waals surface area contributed by atoms with Gasteiger partial charge in [-0.05, 0) is 43.4 Å². The number of likely N-dealkylation sites (tertiary alicyclic amines) is 1. The summed E-state index contributed by atoms with van der Waals surface area (Å²) in [6.45, 7) is 3.25. The zero-order valence-corrected chi connectivity index (χ0v) is 19.4. The number of guanidine groups is 1. The highest BCUT2D eigenvalue weighted by molar-refractivity contribution is 14.0. The monoisotopic (exact) mass is 504 g/mol. The minimum Gasteiger partial charge on any atom is -0.380 e. The molecule has 0 radical (unpaired) electrons. The fraction of sp³-hybridized carbons (Fsp3) is 0.667. The molecule has 158 valence electrons. The van der Waals surface area contributed by atoms with Crippen LogP contribution in [0.2, 0.25) is 0 Å². The average molecular weight is 504 g/mol. The second kappa shape index (κ2) is 11.9. The lowest BCUT2D eigenvalue weighted by atomic mass is 10.0. The summed E-state index contributed by atoms with van der Waals surface area (Å²) in [4.78, 5) is 7.03. The van der Waals surface area contributed by atoms with Gasteiger partial charge in [0.2, 0.25) is 0 Å². The van der Waals surface area contributed by atoms with Gasteiger partial charge < -0.3 is 20.3 Å². The van der Waals surface area contributed by atoms with Crippen LogP contribution in [0.4, 0.5) is 4.39 Å². The first-order chi connectivity index (χ1) is 13.2. The maximum absolute atomic E-state index is 13.7. The van der Waals surface area contributed by atoms with Crippen LogP contribution in [0.5, 0.6) is 0 Å². The molecule has 3 rings (SSSR count). The average Bonchev–Trinajstić information content (AvgIpc) is 3.23. The van der Waals surface area contributed by atoms with Crippen molar-refractivity contribution in [1.29, 1.82) is 0 Å². The molecule has 7 heteroatoms. The molecular weight excluding hydrogens is 470 g/mol. The standard InChI is InChI=1S/C21H33FN4O.HI/c1-23-21(24-14-16-7-8-20(22)17(13-16)15-27-2)25-18-9-11-26(12-10-18)19-5-3-4-6-19;/h7-8,13,18-19H,3-6,9-12,14-15H2,1-2H3,(H2,23,24,25);1H. The molecule has 2 N–H and O–H groups in total. The third kappa shape index (κ3) is 6.56. The van der Waals surface area contributed by atoms with Gasteiger partial charge in [-0.15, -0.1) is 24.0 Å². The molecule has 5 nitrogen and oxygen atoms in total. The van der Waals surface area contributed by atoms with Crippen molar-refractivity contribution in [3.05, 3.63) is 35.1 Å². The van der Waals surface area contributed by atoms with Gasteiger partial charge in [-0.2, -0.15) is 0 Å². The van der Waals surface area contributed by atoms with Crippen molar-refractivity contribution >= 4 is 29.9 Å². The minimum atomic E-state index is -0.225. The highest BCUT2D eigenvalue weighted by Gasteiger charge is 2.27. The zero-order chi connectivity index (χ0) is 19.1. The molecule has 2 aliphatic rings. The topological polar surface area (TPSA) is 48.9 Å². The van der Waals surface area contributed by atoms with E-state index in [1.807, 2.05) is 6.07 Å². The third-order valence-electron chi connectivity index (χ3n) is 5.81. The predicted molar refractivity (Wildman–Crippen MR) is 123 cm³/mol. The number of nitrogens with zero attached hydrogens (tertiary/aromatic N) is 2. The van der Waals surface area contributed by atoms with Crippen LogP contribution in [0.25, 0.3) is 0 Å². The Morgan fingerprint density at radius 2 is 1.93 bits per heavy atom. The first-order valence-corrected chi connectivity index (χ1v) is 10.2. The first-order valence-electron chi connectivity index (χ1n) is 10.2. The number of hydrogen-bond acceptors (Lipinski definition) is 3. The highest BCUT2D eigenvalue weighted by Crippen LogP contribution is 2.26. The van der Waals surface area contributed by atoms with Crippen LogP contribution in [0, 0.1) is 5.82 Å². The molecule has 1 saturated heterocycles. The third-order valence-corrected chi connectivity index (χ3v) is 5.81. The Balaban J connectivity index is 0.00000280. The Hall–Kier alpha value is -0.930. The zero-order valence-electron chi connectivity index (χ0n) is 17.0. The lowest BCUT2D eigenvalue weighted by molar-refractivity contribution is 0.150. The van der Waals surface area contributed by atoms with E-state index in [0.29, 0.717) is 18.2 Å². The van der Waals surface area contributed by atoms with Crippen molar-refractivity contribution in [3.8, 4) is 0 Å². The van der Waals surface area contributed by atoms with Crippen molar-refractivity contribution in [2.24, 2.45) is 4.99 Å². The molecule has 1 aromatic rings. The first kappa shape index (κ1) is 23.3. The van der Waals surface area contributed by atoms with Crippen molar-refractivity contribution in [2.75, 3.05) is 27.2 Å². The normalized spacial score (nSPS) is 19.5. The van der Waals surface area contributed by atoms with E-state index in [0.717, 1.165) is 30.4 Å². The van der Waals surface area contributed by atoms with Crippen molar-refractivity contribution < 1.29 is 9.13 Å². The van der Waals surface area contributed by atoms with E-state index in [9.17, 15) is 4.39 Å². The van der Waals surface area contributed by atoms with Crippen LogP contribution < -0.4 is 10.6 Å². The van der Waals surface area contributed by atoms with Gasteiger partial charge in [0, 0.05) is 51.4 Å². The van der Waals surface area contributed by atoms with Crippen LogP contribution in [0.3, 0.4) is 0 Å². The van der Waals surface area contributed by atoms with Gasteiger partial charge in [0.1, 0.15) is 5.82 Å². The summed E-state index contributed by atoms with van der Waals surface area (Å²) in [5.41, 5.74) is 1.60. The summed E-state index contributed by atoms with van der Waals surface area (Å²) in [6.07, 6.45) is 7.87. The molecule has 0 spiro atoms. The minimum absolute atomic E-state index is 0. The van der Waals surface area contributed by atoms with E-state index >= 15 is 0 Å². The van der Waals surface area contributed by atoms with Gasteiger partial charge in [0.05, 0.1) is 6.61 Å². The number of benzene rings is 1. The van der Waals surface area contributed by atoms with Gasteiger partial charge in [-0.3, -0.25) is 4.99 Å². The molecule has 0 unspecified atom stereocenters. The molecule has 1 saturated carbocycles. The van der Waals surface area contributed by atoms with E-state index < -0.39 is 0 Å². The van der Waals surface area contributed by atoms with E-state index in [2.05, 4.69) is 20.5 Å². The Kier molecular flexibility index (Phi) is 9.94. The summed E-state index contributed by atoms with van der Waals surface area (Å²) < 4.78 is 18.8. The highest BCUT2D eigenvalue weighted by atomic mass is 127. The number of nitrogens with one attached hydrogen (secondary N) is 2. The van der Waals surface area contributed by atoms with E-state index in [1.165, 1.54) is 44.8 Å². The number of piperidine rings is 1. The molecule has 2 fully saturated rings. The summed E-state index contributed by atoms with van der Waals surface area (Å²) in [5, 5.41) is 6.90. The number of aliphatic imine (C=N–C) groups is 1. The summed E-state index contributed by atoms with van der Waals surface area (Å²) in [7, 11) is 3.37. The second-order valence-electron chi connectivity index (χ2n) is 7.68. The fourth-order valence-electron chi connectivity index (χ4n) is 4.26. The molecule has 0 atom stereocenters. The van der Waals surface area contributed by atoms with Gasteiger partial charge in [0.25, 0.3) is 0 Å². The molecule has 1 aromatic carbocycles. The Bertz CT molecular complexity index is 629. The lowest BCUT2D eigenvalue weighted by Gasteiger charge is -2.36. The molecule has 0 aromatic heterocycles. The summed E-state index contributed by atoms with van der Waals surface area (Å²) in [5.74, 6) is 0.587. The molecule has 28 heavy (non-hydrogen) atoms. The van der Waals surface area contributed by atoms with E-state index in [1.54, 1.807) is 20.2 Å². The van der Waals surface area contributed by atoms with Crippen molar-refractivity contribution in [2.45, 2.75) is 63.8 Å². The number of methoxy groups -OCH3 is 1. The van der Waals surface area contributed by atoms with Crippen LogP contribution in [0.15, 0.2) is 23.2 Å². The maximum Gasteiger partial charge on any atom is 0.191 e. The van der Waals surface area contributed by atoms with Crippen LogP contribution in [-0.4, -0.2) is 50.2 Å². The summed E-state index contributed by atoms with van der Waals surface area (Å²) in [6, 6.07) is 6.43. The Labute approximate surface area is 185 Å². The molecule has 1 aliphatic heterocycles. The quantitative estimate of drug-likeness (QED) is 0.353. The Morgan fingerprint density at radius 3 is 2.57 bits per heavy atom. The fourth-order valence-corrected chi connectivity index (χ4v) is 4.26. The van der Waals surface area contributed by atoms with Crippen LogP contribution in [0.1, 0.15) is 49.7 Å². The molecule has 0 bridgehead atoms. The number of halogens is 2. The van der Waals surface area contributed by atoms with Gasteiger partial charge >= 0.3 is 0 Å². The van der Waals surface area contributed by atoms with Crippen molar-refractivity contribution in [3.63, 3.8) is 0 Å². The molecular formula is C21H34FIN4O. The van der Waals surface area contributed by atoms with Gasteiger partial charge in [-0.1, -0.05) is 18.9 Å². The number of hydrogen-bond donors (Lipinski definition) is 2. The lowest BCUT2D eigenvalue weighted by Crippen LogP contribution is -2.50. The number of ether oxygens (including phenoxy) is 1. The van der Waals surface area contributed by atoms with Gasteiger partial charge in [-0.25, -0.2) is 4.39 Å². The van der Waals surface area contributed by atoms with Gasteiger partial charge in [0.15, 0.2) is 5.96 Å². The Morgan fingerprint density at radius 1 is 1.21 bits per heavy atom. The molecule has 1 heterocycles. The van der Waals surface area contributed by atoms with Crippen molar-refractivity contribution in [1.82, 2.24) is 15.5 Å². The maximum atomic E-state index is 13.7. The van der Waals surface area contributed by atoms with Crippen LogP contribution >= 0.6 is 24.0 Å². The molecule has 0 amide bonds. The van der Waals surface area contributed by atoms with Crippen LogP contribution in [-0.2, 0) is 17.9 Å². The largest absolute Gasteiger partial charge is 0.380 e. The van der Waals surface area contributed by atoms with E-state index in [-0.39, 0.29) is 36.4 Å². The smallest absolute Gasteiger partial charge is 0.191 e. The SMILES string of the molecule is CN=C(NCc1ccc(F)c(COC)c1)NC1CCN(C2CCCC2)CC1.I. The van der Waals surface area contributed by atoms with E-state index in [4.69, 9.17) is 4.74 Å². The predicted octanol–water partition coefficient (Wildman–Crippen LogP) is 3.66. The molecule has 1 aliphatic carbocycles. The summed E-state index contributed by atoms with van der Waals surface area (Å²) >= 11 is 0.